The molecule has 0 amide bonds. The van der Waals surface area contributed by atoms with Crippen molar-refractivity contribution in [3.63, 3.8) is 0 Å². The van der Waals surface area contributed by atoms with Gasteiger partial charge in [-0.25, -0.2) is 0 Å². The summed E-state index contributed by atoms with van der Waals surface area (Å²) >= 11 is 0. The molecular weight excluding hydrogens is 214 g/mol. The number of hydrogen-bond acceptors (Lipinski definition) is 4. The molecule has 1 saturated heterocycles. The van der Waals surface area contributed by atoms with Gasteiger partial charge >= 0.3 is 0 Å². The van der Waals surface area contributed by atoms with E-state index >= 15 is 0 Å². The molecule has 0 aromatic rings. The summed E-state index contributed by atoms with van der Waals surface area (Å²) in [6, 6.07) is 0. The first-order chi connectivity index (χ1) is 8.43. The minimum atomic E-state index is 0.932. The van der Waals surface area contributed by atoms with Crippen molar-refractivity contribution in [2.24, 2.45) is 4.99 Å². The van der Waals surface area contributed by atoms with Crippen molar-refractivity contribution in [3.8, 4) is 0 Å². The lowest BCUT2D eigenvalue weighted by molar-refractivity contribution is 0.403. The van der Waals surface area contributed by atoms with Crippen LogP contribution in [0, 0.1) is 0 Å². The van der Waals surface area contributed by atoms with Crippen LogP contribution in [-0.4, -0.2) is 70.1 Å². The SMILES string of the molecule is CCCN=CN1CCNCCNCCNCC1. The predicted molar refractivity (Wildman–Crippen MR) is 73.8 cm³/mol. The van der Waals surface area contributed by atoms with E-state index in [0.29, 0.717) is 0 Å². The van der Waals surface area contributed by atoms with Gasteiger partial charge in [0.05, 0.1) is 6.34 Å². The molecule has 5 nitrogen and oxygen atoms in total. The number of hydrogen-bond donors (Lipinski definition) is 3. The zero-order chi connectivity index (χ0) is 12.2. The molecule has 100 valence electrons. The van der Waals surface area contributed by atoms with Crippen LogP contribution in [-0.2, 0) is 0 Å². The fourth-order valence-corrected chi connectivity index (χ4v) is 1.70. The van der Waals surface area contributed by atoms with E-state index < -0.39 is 0 Å². The van der Waals surface area contributed by atoms with E-state index in [9.17, 15) is 0 Å². The Labute approximate surface area is 105 Å². The first kappa shape index (κ1) is 14.4. The van der Waals surface area contributed by atoms with Gasteiger partial charge in [-0.1, -0.05) is 6.92 Å². The molecule has 0 spiro atoms. The minimum absolute atomic E-state index is 0.932. The molecule has 17 heavy (non-hydrogen) atoms. The van der Waals surface area contributed by atoms with Crippen LogP contribution in [0.5, 0.6) is 0 Å². The van der Waals surface area contributed by atoms with Gasteiger partial charge in [-0.05, 0) is 6.42 Å². The molecule has 0 aliphatic carbocycles. The van der Waals surface area contributed by atoms with Crippen molar-refractivity contribution in [3.05, 3.63) is 0 Å². The van der Waals surface area contributed by atoms with Crippen molar-refractivity contribution in [1.29, 1.82) is 0 Å². The lowest BCUT2D eigenvalue weighted by Crippen LogP contribution is -2.41. The second-order valence-electron chi connectivity index (χ2n) is 4.31. The monoisotopic (exact) mass is 241 g/mol. The molecule has 1 aliphatic rings. The topological polar surface area (TPSA) is 51.7 Å². The van der Waals surface area contributed by atoms with Gasteiger partial charge in [-0.15, -0.1) is 0 Å². The van der Waals surface area contributed by atoms with Gasteiger partial charge in [0.1, 0.15) is 0 Å². The quantitative estimate of drug-likeness (QED) is 0.461. The maximum atomic E-state index is 4.41. The molecule has 0 aromatic heterocycles. The fraction of sp³-hybridized carbons (Fsp3) is 0.917. The van der Waals surface area contributed by atoms with Gasteiger partial charge in [0.25, 0.3) is 0 Å². The Morgan fingerprint density at radius 1 is 0.941 bits per heavy atom. The van der Waals surface area contributed by atoms with Crippen LogP contribution in [0.3, 0.4) is 0 Å². The second kappa shape index (κ2) is 10.5. The first-order valence-electron chi connectivity index (χ1n) is 6.79. The molecule has 1 aliphatic heterocycles. The van der Waals surface area contributed by atoms with Crippen molar-refractivity contribution in [2.75, 3.05) is 58.9 Å². The van der Waals surface area contributed by atoms with Crippen LogP contribution in [0.2, 0.25) is 0 Å². The fourth-order valence-electron chi connectivity index (χ4n) is 1.70. The average Bonchev–Trinajstić information content (AvgIpc) is 2.32. The Hall–Kier alpha value is -0.650. The molecule has 5 heteroatoms. The number of nitrogens with one attached hydrogen (secondary N) is 3. The second-order valence-corrected chi connectivity index (χ2v) is 4.31. The predicted octanol–water partition coefficient (Wildman–Crippen LogP) is -0.491. The van der Waals surface area contributed by atoms with E-state index in [1.54, 1.807) is 0 Å². The summed E-state index contributed by atoms with van der Waals surface area (Å²) < 4.78 is 0. The molecule has 0 bridgehead atoms. The highest BCUT2D eigenvalue weighted by Crippen LogP contribution is 1.85. The molecule has 3 N–H and O–H groups in total. The zero-order valence-electron chi connectivity index (χ0n) is 11.0. The molecular formula is C12H27N5. The molecule has 0 aromatic carbocycles. The number of rotatable bonds is 3. The Kier molecular flexibility index (Phi) is 8.90. The maximum Gasteiger partial charge on any atom is 0.0850 e. The maximum absolute atomic E-state index is 4.41. The Morgan fingerprint density at radius 2 is 1.47 bits per heavy atom. The third kappa shape index (κ3) is 8.12. The van der Waals surface area contributed by atoms with E-state index in [1.165, 1.54) is 0 Å². The van der Waals surface area contributed by atoms with Crippen molar-refractivity contribution >= 4 is 6.34 Å². The van der Waals surface area contributed by atoms with E-state index in [1.807, 2.05) is 6.34 Å². The van der Waals surface area contributed by atoms with Crippen molar-refractivity contribution < 1.29 is 0 Å². The Balaban J connectivity index is 2.26. The number of nitrogens with zero attached hydrogens (tertiary/aromatic N) is 2. The lowest BCUT2D eigenvalue weighted by Gasteiger charge is -2.21. The highest BCUT2D eigenvalue weighted by Gasteiger charge is 2.00. The molecule has 1 fully saturated rings. The summed E-state index contributed by atoms with van der Waals surface area (Å²) in [5.74, 6) is 0. The van der Waals surface area contributed by atoms with Crippen LogP contribution < -0.4 is 16.0 Å². The smallest absolute Gasteiger partial charge is 0.0850 e. The third-order valence-electron chi connectivity index (χ3n) is 2.71. The molecule has 1 rings (SSSR count). The van der Waals surface area contributed by atoms with E-state index in [4.69, 9.17) is 0 Å². The first-order valence-corrected chi connectivity index (χ1v) is 6.79. The molecule has 0 atom stereocenters. The molecule has 0 radical (unpaired) electrons. The zero-order valence-corrected chi connectivity index (χ0v) is 11.0. The summed E-state index contributed by atoms with van der Waals surface area (Å²) in [4.78, 5) is 6.71. The van der Waals surface area contributed by atoms with Gasteiger partial charge in [0, 0.05) is 58.9 Å². The van der Waals surface area contributed by atoms with E-state index in [2.05, 4.69) is 32.8 Å². The van der Waals surface area contributed by atoms with Crippen molar-refractivity contribution in [1.82, 2.24) is 20.9 Å². The summed E-state index contributed by atoms with van der Waals surface area (Å²) in [5, 5.41) is 10.3. The highest BCUT2D eigenvalue weighted by molar-refractivity contribution is 5.54. The van der Waals surface area contributed by atoms with Gasteiger partial charge in [0.15, 0.2) is 0 Å². The minimum Gasteiger partial charge on any atom is -0.360 e. The summed E-state index contributed by atoms with van der Waals surface area (Å²) in [5.41, 5.74) is 0. The summed E-state index contributed by atoms with van der Waals surface area (Å²) in [7, 11) is 0. The number of aliphatic imine (C=N–C) groups is 1. The summed E-state index contributed by atoms with van der Waals surface area (Å²) in [6.07, 6.45) is 3.13. The Bertz CT molecular complexity index is 183. The van der Waals surface area contributed by atoms with Gasteiger partial charge in [-0.3, -0.25) is 4.99 Å². The van der Waals surface area contributed by atoms with Crippen LogP contribution in [0.4, 0.5) is 0 Å². The Morgan fingerprint density at radius 3 is 2.00 bits per heavy atom. The highest BCUT2D eigenvalue weighted by atomic mass is 15.2. The van der Waals surface area contributed by atoms with Gasteiger partial charge in [-0.2, -0.15) is 0 Å². The van der Waals surface area contributed by atoms with Crippen LogP contribution in [0.25, 0.3) is 0 Å². The van der Waals surface area contributed by atoms with Crippen LogP contribution in [0.1, 0.15) is 13.3 Å². The third-order valence-corrected chi connectivity index (χ3v) is 2.71. The summed E-state index contributed by atoms with van der Waals surface area (Å²) in [6.45, 7) is 11.4. The molecule has 1 heterocycles. The normalized spacial score (nSPS) is 21.1. The lowest BCUT2D eigenvalue weighted by atomic mass is 10.4. The van der Waals surface area contributed by atoms with Gasteiger partial charge in [0.2, 0.25) is 0 Å². The van der Waals surface area contributed by atoms with Crippen LogP contribution >= 0.6 is 0 Å². The van der Waals surface area contributed by atoms with Gasteiger partial charge < -0.3 is 20.9 Å². The molecule has 0 saturated carbocycles. The van der Waals surface area contributed by atoms with Crippen LogP contribution in [0.15, 0.2) is 4.99 Å². The largest absolute Gasteiger partial charge is 0.360 e. The van der Waals surface area contributed by atoms with E-state index in [0.717, 1.165) is 65.3 Å². The average molecular weight is 241 g/mol. The van der Waals surface area contributed by atoms with Crippen molar-refractivity contribution in [2.45, 2.75) is 13.3 Å². The molecule has 0 unspecified atom stereocenters. The standard InChI is InChI=1S/C12H27N5/c1-2-3-16-12-17-10-8-14-6-4-13-5-7-15-9-11-17/h12-15H,2-11H2,1H3. The van der Waals surface area contributed by atoms with E-state index in [-0.39, 0.29) is 0 Å².